The van der Waals surface area contributed by atoms with Crippen molar-refractivity contribution in [2.75, 3.05) is 25.5 Å². The smallest absolute Gasteiger partial charge is 0.330 e. The summed E-state index contributed by atoms with van der Waals surface area (Å²) < 4.78 is 8.51. The van der Waals surface area contributed by atoms with Crippen LogP contribution in [0.4, 0.5) is 11.5 Å². The van der Waals surface area contributed by atoms with Gasteiger partial charge in [-0.2, -0.15) is 0 Å². The maximum atomic E-state index is 13.3. The summed E-state index contributed by atoms with van der Waals surface area (Å²) in [4.78, 5) is 50.2. The quantitative estimate of drug-likeness (QED) is 0.230. The van der Waals surface area contributed by atoms with Crippen LogP contribution in [0.2, 0.25) is 5.02 Å². The summed E-state index contributed by atoms with van der Waals surface area (Å²) >= 11 is 7.26. The van der Waals surface area contributed by atoms with Gasteiger partial charge in [0.2, 0.25) is 11.8 Å². The largest absolute Gasteiger partial charge is 0.481 e. The molecule has 2 fully saturated rings. The molecule has 5 aromatic rings. The molecular weight excluding hydrogens is 666 g/mol. The number of nitrogens with zero attached hydrogens (tertiary/aromatic N) is 5. The second kappa shape index (κ2) is 12.3. The molecule has 12 heteroatoms. The number of aryl methyl sites for hydroxylation is 3. The molecule has 2 N–H and O–H groups in total. The van der Waals surface area contributed by atoms with E-state index in [0.717, 1.165) is 82.5 Å². The SMILES string of the molecule is COc1nc(-c2cccc(-c3cccc(Nc4nc(C)cc5c4c(=O)n(C)c(=O)n5C)c3C)c2Cl)cc2c1C(N1CCC3(CCC(=O)N3)C1)CC2. The molecule has 2 atom stereocenters. The van der Waals surface area contributed by atoms with Crippen LogP contribution in [0.3, 0.4) is 0 Å². The normalized spacial score (nSPS) is 20.0. The van der Waals surface area contributed by atoms with Crippen molar-refractivity contribution < 1.29 is 9.53 Å². The summed E-state index contributed by atoms with van der Waals surface area (Å²) in [7, 11) is 4.79. The van der Waals surface area contributed by atoms with Gasteiger partial charge in [0.15, 0.2) is 0 Å². The van der Waals surface area contributed by atoms with Crippen LogP contribution in [0.1, 0.15) is 54.1 Å². The van der Waals surface area contributed by atoms with Gasteiger partial charge in [0.25, 0.3) is 5.56 Å². The molecule has 1 amide bonds. The number of amides is 1. The van der Waals surface area contributed by atoms with Crippen LogP contribution in [-0.4, -0.2) is 55.6 Å². The minimum Gasteiger partial charge on any atom is -0.481 e. The zero-order valence-electron chi connectivity index (χ0n) is 29.4. The lowest BCUT2D eigenvalue weighted by Gasteiger charge is -2.28. The van der Waals surface area contributed by atoms with Gasteiger partial charge >= 0.3 is 5.69 Å². The molecule has 0 bridgehead atoms. The third kappa shape index (κ3) is 5.41. The zero-order valence-corrected chi connectivity index (χ0v) is 30.1. The number of pyridine rings is 2. The van der Waals surface area contributed by atoms with Crippen molar-refractivity contribution in [3.63, 3.8) is 0 Å². The number of fused-ring (bicyclic) bond motifs is 2. The topological polar surface area (TPSA) is 123 Å². The Labute approximate surface area is 300 Å². The molecule has 51 heavy (non-hydrogen) atoms. The first-order chi connectivity index (χ1) is 24.5. The number of rotatable bonds is 6. The Morgan fingerprint density at radius 1 is 0.961 bits per heavy atom. The standard InChI is InChI=1S/C39H40ClN7O4/c1-21-18-30-33(37(49)46(4)38(50)45(30)3)35(41-21)42-27-11-7-8-24(22(27)2)25-9-6-10-26(34(25)40)28-19-23-12-13-29(32(23)36(43-28)51-5)47-17-16-39(20-47)15-14-31(48)44-39/h6-11,18-19,29H,12-17,20H2,1-5H3,(H,41,42)(H,44,48). The van der Waals surface area contributed by atoms with Gasteiger partial charge in [0.1, 0.15) is 11.2 Å². The summed E-state index contributed by atoms with van der Waals surface area (Å²) in [6.45, 7) is 5.62. The second-order valence-corrected chi connectivity index (χ2v) is 14.6. The van der Waals surface area contributed by atoms with E-state index in [1.807, 2.05) is 50.2 Å². The first kappa shape index (κ1) is 33.2. The molecule has 0 saturated carbocycles. The minimum atomic E-state index is -0.414. The summed E-state index contributed by atoms with van der Waals surface area (Å²) in [5.74, 6) is 1.15. The van der Waals surface area contributed by atoms with Crippen molar-refractivity contribution >= 4 is 39.9 Å². The highest BCUT2D eigenvalue weighted by Gasteiger charge is 2.46. The molecule has 2 aromatic carbocycles. The summed E-state index contributed by atoms with van der Waals surface area (Å²) in [6, 6.07) is 16.0. The van der Waals surface area contributed by atoms with E-state index in [0.29, 0.717) is 39.7 Å². The highest BCUT2D eigenvalue weighted by atomic mass is 35.5. The van der Waals surface area contributed by atoms with Crippen LogP contribution in [0.25, 0.3) is 33.3 Å². The van der Waals surface area contributed by atoms with Crippen molar-refractivity contribution in [2.45, 2.75) is 57.5 Å². The number of halogens is 1. The van der Waals surface area contributed by atoms with Crippen molar-refractivity contribution in [1.82, 2.24) is 29.3 Å². The highest BCUT2D eigenvalue weighted by Crippen LogP contribution is 2.47. The predicted octanol–water partition coefficient (Wildman–Crippen LogP) is 5.73. The number of carbonyl (C=O) groups excluding carboxylic acids is 1. The Bertz CT molecular complexity index is 2400. The van der Waals surface area contributed by atoms with Crippen LogP contribution in [-0.2, 0) is 25.3 Å². The highest BCUT2D eigenvalue weighted by molar-refractivity contribution is 6.36. The van der Waals surface area contributed by atoms with Gasteiger partial charge in [-0.3, -0.25) is 23.6 Å². The van der Waals surface area contributed by atoms with E-state index in [4.69, 9.17) is 21.3 Å². The van der Waals surface area contributed by atoms with Gasteiger partial charge in [-0.25, -0.2) is 14.8 Å². The molecule has 8 rings (SSSR count). The number of nitrogens with one attached hydrogen (secondary N) is 2. The lowest BCUT2D eigenvalue weighted by Crippen LogP contribution is -2.44. The molecule has 11 nitrogen and oxygen atoms in total. The first-order valence-corrected chi connectivity index (χ1v) is 17.7. The van der Waals surface area contributed by atoms with Crippen LogP contribution in [0.5, 0.6) is 5.88 Å². The molecule has 262 valence electrons. The van der Waals surface area contributed by atoms with E-state index in [1.54, 1.807) is 20.2 Å². The number of anilines is 2. The van der Waals surface area contributed by atoms with Gasteiger partial charge in [0, 0.05) is 67.7 Å². The Hall–Kier alpha value is -5.00. The fraction of sp³-hybridized carbons (Fsp3) is 0.359. The van der Waals surface area contributed by atoms with Crippen molar-refractivity contribution in [1.29, 1.82) is 0 Å². The first-order valence-electron chi connectivity index (χ1n) is 17.3. The number of hydrogen-bond acceptors (Lipinski definition) is 8. The molecule has 5 heterocycles. The summed E-state index contributed by atoms with van der Waals surface area (Å²) in [6.07, 6.45) is 4.35. The number of benzene rings is 2. The van der Waals surface area contributed by atoms with Crippen molar-refractivity contribution in [2.24, 2.45) is 14.1 Å². The Morgan fingerprint density at radius 2 is 1.73 bits per heavy atom. The third-order valence-electron chi connectivity index (χ3n) is 11.1. The number of likely N-dealkylation sites (tertiary alicyclic amines) is 1. The van der Waals surface area contributed by atoms with E-state index >= 15 is 0 Å². The fourth-order valence-corrected chi connectivity index (χ4v) is 8.75. The van der Waals surface area contributed by atoms with E-state index in [9.17, 15) is 14.4 Å². The second-order valence-electron chi connectivity index (χ2n) is 14.2. The van der Waals surface area contributed by atoms with E-state index < -0.39 is 11.2 Å². The average Bonchev–Trinajstić information content (AvgIpc) is 3.84. The van der Waals surface area contributed by atoms with Crippen LogP contribution in [0, 0.1) is 13.8 Å². The van der Waals surface area contributed by atoms with Crippen LogP contribution < -0.4 is 26.6 Å². The van der Waals surface area contributed by atoms with Crippen LogP contribution in [0.15, 0.2) is 58.1 Å². The van der Waals surface area contributed by atoms with E-state index in [1.165, 1.54) is 17.2 Å². The number of hydrogen-bond donors (Lipinski definition) is 2. The number of aromatic nitrogens is 4. The lowest BCUT2D eigenvalue weighted by atomic mass is 9.96. The Balaban J connectivity index is 1.14. The van der Waals surface area contributed by atoms with E-state index in [-0.39, 0.29) is 17.5 Å². The minimum absolute atomic E-state index is 0.111. The van der Waals surface area contributed by atoms with Crippen molar-refractivity contribution in [3.8, 4) is 28.3 Å². The lowest BCUT2D eigenvalue weighted by molar-refractivity contribution is -0.119. The van der Waals surface area contributed by atoms with Crippen molar-refractivity contribution in [3.05, 3.63) is 96.8 Å². The zero-order chi connectivity index (χ0) is 35.8. The molecule has 2 aliphatic heterocycles. The van der Waals surface area contributed by atoms with Gasteiger partial charge in [0.05, 0.1) is 28.9 Å². The maximum Gasteiger partial charge on any atom is 0.330 e. The van der Waals surface area contributed by atoms with Crippen LogP contribution >= 0.6 is 11.6 Å². The summed E-state index contributed by atoms with van der Waals surface area (Å²) in [5, 5.41) is 7.56. The van der Waals surface area contributed by atoms with Gasteiger partial charge in [-0.05, 0) is 74.4 Å². The van der Waals surface area contributed by atoms with Gasteiger partial charge in [-0.1, -0.05) is 41.9 Å². The Morgan fingerprint density at radius 3 is 2.49 bits per heavy atom. The number of ether oxygens (including phenoxy) is 1. The van der Waals surface area contributed by atoms with E-state index in [2.05, 4.69) is 26.6 Å². The average molecular weight is 706 g/mol. The molecule has 1 aliphatic carbocycles. The molecule has 0 radical (unpaired) electrons. The third-order valence-corrected chi connectivity index (χ3v) is 11.5. The number of methoxy groups -OCH3 is 1. The number of carbonyl (C=O) groups is 1. The molecule has 2 unspecified atom stereocenters. The maximum absolute atomic E-state index is 13.3. The fourth-order valence-electron chi connectivity index (χ4n) is 8.42. The molecular formula is C39H40ClN7O4. The van der Waals surface area contributed by atoms with Gasteiger partial charge < -0.3 is 15.4 Å². The van der Waals surface area contributed by atoms with Gasteiger partial charge in [-0.15, -0.1) is 0 Å². The predicted molar refractivity (Wildman–Crippen MR) is 199 cm³/mol. The summed E-state index contributed by atoms with van der Waals surface area (Å²) in [5.41, 5.74) is 7.60. The molecule has 1 spiro atoms. The monoisotopic (exact) mass is 705 g/mol. The Kier molecular flexibility index (Phi) is 8.03. The molecule has 3 aromatic heterocycles. The molecule has 3 aliphatic rings. The molecule has 2 saturated heterocycles.